The van der Waals surface area contributed by atoms with Crippen LogP contribution < -0.4 is 5.73 Å². The molecule has 1 aromatic rings. The molecule has 1 rings (SSSR count). The van der Waals surface area contributed by atoms with Gasteiger partial charge in [0, 0.05) is 10.8 Å². The van der Waals surface area contributed by atoms with Crippen molar-refractivity contribution in [2.75, 3.05) is 12.4 Å². The Kier molecular flexibility index (Phi) is 6.69. The van der Waals surface area contributed by atoms with Crippen molar-refractivity contribution in [1.82, 2.24) is 0 Å². The van der Waals surface area contributed by atoms with E-state index in [-0.39, 0.29) is 5.97 Å². The van der Waals surface area contributed by atoms with Crippen molar-refractivity contribution >= 4 is 29.3 Å². The maximum absolute atomic E-state index is 11.6. The van der Waals surface area contributed by atoms with Gasteiger partial charge < -0.3 is 10.5 Å². The molecule has 0 spiro atoms. The fourth-order valence-corrected chi connectivity index (χ4v) is 2.95. The third kappa shape index (κ3) is 5.43. The normalized spacial score (nSPS) is 13.9. The molecule has 106 valence electrons. The number of halogens is 1. The number of nitrogens with two attached hydrogens (primary N) is 1. The second kappa shape index (κ2) is 7.78. The van der Waals surface area contributed by atoms with Crippen LogP contribution in [0.15, 0.2) is 24.3 Å². The molecule has 0 aliphatic heterocycles. The molecule has 19 heavy (non-hydrogen) atoms. The van der Waals surface area contributed by atoms with Crippen molar-refractivity contribution in [3.8, 4) is 0 Å². The Labute approximate surface area is 123 Å². The van der Waals surface area contributed by atoms with E-state index in [1.54, 1.807) is 25.6 Å². The molecule has 0 fully saturated rings. The summed E-state index contributed by atoms with van der Waals surface area (Å²) in [6.45, 7) is 3.85. The first-order valence-corrected chi connectivity index (χ1v) is 7.78. The smallest absolute Gasteiger partial charge is 0.325 e. The van der Waals surface area contributed by atoms with E-state index in [1.807, 2.05) is 24.3 Å². The molecule has 1 unspecified atom stereocenters. The average molecular weight is 302 g/mol. The van der Waals surface area contributed by atoms with Crippen LogP contribution in [-0.4, -0.2) is 23.9 Å². The topological polar surface area (TPSA) is 52.3 Å². The van der Waals surface area contributed by atoms with Crippen LogP contribution >= 0.6 is 23.4 Å². The summed E-state index contributed by atoms with van der Waals surface area (Å²) in [6.07, 6.45) is 0.584. The SMILES string of the molecule is CCOC(=O)C(C)(N)CCSCc1ccccc1Cl. The van der Waals surface area contributed by atoms with Gasteiger partial charge in [0.25, 0.3) is 0 Å². The van der Waals surface area contributed by atoms with E-state index in [9.17, 15) is 4.79 Å². The molecule has 0 saturated heterocycles. The molecule has 2 N–H and O–H groups in total. The van der Waals surface area contributed by atoms with Gasteiger partial charge in [0.05, 0.1) is 6.61 Å². The van der Waals surface area contributed by atoms with Crippen LogP contribution in [0.3, 0.4) is 0 Å². The minimum Gasteiger partial charge on any atom is -0.465 e. The lowest BCUT2D eigenvalue weighted by Crippen LogP contribution is -2.46. The number of ether oxygens (including phenoxy) is 1. The number of thioether (sulfide) groups is 1. The molecule has 0 aromatic heterocycles. The standard InChI is InChI=1S/C14H20ClNO2S/c1-3-18-13(17)14(2,16)8-9-19-10-11-6-4-5-7-12(11)15/h4-7H,3,8-10,16H2,1-2H3. The lowest BCUT2D eigenvalue weighted by Gasteiger charge is -2.21. The summed E-state index contributed by atoms with van der Waals surface area (Å²) in [7, 11) is 0. The predicted octanol–water partition coefficient (Wildman–Crippen LogP) is 3.24. The van der Waals surface area contributed by atoms with Crippen LogP contribution in [0.2, 0.25) is 5.02 Å². The molecular weight excluding hydrogens is 282 g/mol. The van der Waals surface area contributed by atoms with E-state index in [0.29, 0.717) is 13.0 Å². The fourth-order valence-electron chi connectivity index (χ4n) is 1.48. The van der Waals surface area contributed by atoms with Crippen LogP contribution in [0.1, 0.15) is 25.8 Å². The van der Waals surface area contributed by atoms with Crippen molar-refractivity contribution in [3.63, 3.8) is 0 Å². The van der Waals surface area contributed by atoms with Crippen LogP contribution in [0.5, 0.6) is 0 Å². The Morgan fingerprint density at radius 1 is 1.47 bits per heavy atom. The highest BCUT2D eigenvalue weighted by atomic mass is 35.5. The highest BCUT2D eigenvalue weighted by Gasteiger charge is 2.29. The van der Waals surface area contributed by atoms with Gasteiger partial charge in [-0.1, -0.05) is 29.8 Å². The maximum Gasteiger partial charge on any atom is 0.325 e. The van der Waals surface area contributed by atoms with Crippen molar-refractivity contribution < 1.29 is 9.53 Å². The number of hydrogen-bond donors (Lipinski definition) is 1. The van der Waals surface area contributed by atoms with Crippen LogP contribution in [-0.2, 0) is 15.3 Å². The number of rotatable bonds is 7. The Bertz CT molecular complexity index is 424. The van der Waals surface area contributed by atoms with Gasteiger partial charge in [-0.25, -0.2) is 0 Å². The third-order valence-corrected chi connectivity index (χ3v) is 4.10. The molecule has 0 heterocycles. The predicted molar refractivity (Wildman–Crippen MR) is 81.5 cm³/mol. The number of hydrogen-bond acceptors (Lipinski definition) is 4. The Morgan fingerprint density at radius 2 is 2.16 bits per heavy atom. The molecule has 1 atom stereocenters. The Morgan fingerprint density at radius 3 is 2.79 bits per heavy atom. The van der Waals surface area contributed by atoms with E-state index in [1.165, 1.54) is 0 Å². The summed E-state index contributed by atoms with van der Waals surface area (Å²) < 4.78 is 4.95. The summed E-state index contributed by atoms with van der Waals surface area (Å²) in [4.78, 5) is 11.6. The fraction of sp³-hybridized carbons (Fsp3) is 0.500. The molecule has 0 bridgehead atoms. The summed E-state index contributed by atoms with van der Waals surface area (Å²) in [6, 6.07) is 7.76. The Hall–Kier alpha value is -0.710. The summed E-state index contributed by atoms with van der Waals surface area (Å²) in [5.41, 5.74) is 6.13. The molecule has 0 aliphatic rings. The molecule has 3 nitrogen and oxygen atoms in total. The highest BCUT2D eigenvalue weighted by molar-refractivity contribution is 7.98. The largest absolute Gasteiger partial charge is 0.465 e. The van der Waals surface area contributed by atoms with Crippen molar-refractivity contribution in [1.29, 1.82) is 0 Å². The number of carbonyl (C=O) groups is 1. The molecule has 0 radical (unpaired) electrons. The number of carbonyl (C=O) groups excluding carboxylic acids is 1. The number of benzene rings is 1. The third-order valence-electron chi connectivity index (χ3n) is 2.72. The van der Waals surface area contributed by atoms with Gasteiger partial charge in [-0.15, -0.1) is 0 Å². The zero-order valence-corrected chi connectivity index (χ0v) is 12.9. The van der Waals surface area contributed by atoms with Gasteiger partial charge in [0.15, 0.2) is 0 Å². The zero-order valence-electron chi connectivity index (χ0n) is 11.3. The summed E-state index contributed by atoms with van der Waals surface area (Å²) >= 11 is 7.78. The Balaban J connectivity index is 2.35. The van der Waals surface area contributed by atoms with Gasteiger partial charge >= 0.3 is 5.97 Å². The summed E-state index contributed by atoms with van der Waals surface area (Å²) in [5.74, 6) is 1.27. The van der Waals surface area contributed by atoms with Gasteiger partial charge in [-0.05, 0) is 37.7 Å². The first-order chi connectivity index (χ1) is 8.97. The van der Waals surface area contributed by atoms with E-state index >= 15 is 0 Å². The van der Waals surface area contributed by atoms with E-state index in [2.05, 4.69) is 0 Å². The van der Waals surface area contributed by atoms with E-state index in [4.69, 9.17) is 22.1 Å². The monoisotopic (exact) mass is 301 g/mol. The van der Waals surface area contributed by atoms with Gasteiger partial charge in [-0.3, -0.25) is 4.79 Å². The van der Waals surface area contributed by atoms with E-state index in [0.717, 1.165) is 22.1 Å². The van der Waals surface area contributed by atoms with Gasteiger partial charge in [0.2, 0.25) is 0 Å². The molecule has 1 aromatic carbocycles. The minimum absolute atomic E-state index is 0.339. The highest BCUT2D eigenvalue weighted by Crippen LogP contribution is 2.22. The van der Waals surface area contributed by atoms with Crippen molar-refractivity contribution in [2.24, 2.45) is 5.73 Å². The molecule has 0 aliphatic carbocycles. The molecule has 0 saturated carbocycles. The van der Waals surface area contributed by atoms with Crippen molar-refractivity contribution in [2.45, 2.75) is 31.6 Å². The van der Waals surface area contributed by atoms with Crippen LogP contribution in [0.25, 0.3) is 0 Å². The van der Waals surface area contributed by atoms with Crippen LogP contribution in [0, 0.1) is 0 Å². The molecule has 5 heteroatoms. The summed E-state index contributed by atoms with van der Waals surface area (Å²) in [5, 5.41) is 0.774. The first kappa shape index (κ1) is 16.3. The minimum atomic E-state index is -0.913. The van der Waals surface area contributed by atoms with Gasteiger partial charge in [-0.2, -0.15) is 11.8 Å². The second-order valence-electron chi connectivity index (χ2n) is 4.53. The zero-order chi connectivity index (χ0) is 14.3. The van der Waals surface area contributed by atoms with Crippen LogP contribution in [0.4, 0.5) is 0 Å². The van der Waals surface area contributed by atoms with E-state index < -0.39 is 5.54 Å². The van der Waals surface area contributed by atoms with Crippen molar-refractivity contribution in [3.05, 3.63) is 34.9 Å². The maximum atomic E-state index is 11.6. The quantitative estimate of drug-likeness (QED) is 0.620. The molecular formula is C14H20ClNO2S. The lowest BCUT2D eigenvalue weighted by molar-refractivity contribution is -0.149. The lowest BCUT2D eigenvalue weighted by atomic mass is 10.0. The first-order valence-electron chi connectivity index (χ1n) is 6.24. The second-order valence-corrected chi connectivity index (χ2v) is 6.04. The molecule has 0 amide bonds. The number of esters is 1. The van der Waals surface area contributed by atoms with Gasteiger partial charge in [0.1, 0.15) is 5.54 Å². The average Bonchev–Trinajstić information content (AvgIpc) is 2.37.